The highest BCUT2D eigenvalue weighted by atomic mass is 32.1. The van der Waals surface area contributed by atoms with Crippen molar-refractivity contribution < 1.29 is 0 Å². The average molecular weight is 259 g/mol. The quantitative estimate of drug-likeness (QED) is 0.895. The molecule has 0 saturated heterocycles. The molecule has 2 aromatic heterocycles. The van der Waals surface area contributed by atoms with Crippen LogP contribution in [0.3, 0.4) is 0 Å². The van der Waals surface area contributed by atoms with Crippen LogP contribution in [0.5, 0.6) is 0 Å². The summed E-state index contributed by atoms with van der Waals surface area (Å²) in [5, 5.41) is 12.7. The molecular formula is C14H17N3S. The van der Waals surface area contributed by atoms with E-state index in [1.807, 2.05) is 0 Å². The number of nitrogens with one attached hydrogen (secondary N) is 1. The number of hydrogen-bond donors (Lipinski definition) is 1. The average Bonchev–Trinajstić information content (AvgIpc) is 2.88. The standard InChI is InChI=1S/C14H17N3S/c1-9-6-11(9)12-7-14-15-4-2-13(17(14)16-12)10-3-5-18-8-10/h3,5,7-9,11,13,15H,2,4,6H2,1H3. The Morgan fingerprint density at radius 1 is 1.50 bits per heavy atom. The van der Waals surface area contributed by atoms with Crippen LogP contribution in [0.25, 0.3) is 0 Å². The lowest BCUT2D eigenvalue weighted by Crippen LogP contribution is -2.23. The van der Waals surface area contributed by atoms with Gasteiger partial charge in [-0.15, -0.1) is 0 Å². The molecule has 4 heteroatoms. The number of hydrogen-bond acceptors (Lipinski definition) is 3. The Morgan fingerprint density at radius 3 is 3.11 bits per heavy atom. The van der Waals surface area contributed by atoms with Gasteiger partial charge < -0.3 is 5.32 Å². The first kappa shape index (κ1) is 10.6. The van der Waals surface area contributed by atoms with E-state index >= 15 is 0 Å². The van der Waals surface area contributed by atoms with Gasteiger partial charge in [-0.05, 0) is 41.1 Å². The number of thiophene rings is 1. The molecule has 1 saturated carbocycles. The first-order valence-corrected chi connectivity index (χ1v) is 7.62. The van der Waals surface area contributed by atoms with E-state index in [0.29, 0.717) is 12.0 Å². The highest BCUT2D eigenvalue weighted by Crippen LogP contribution is 2.47. The lowest BCUT2D eigenvalue weighted by atomic mass is 10.1. The summed E-state index contributed by atoms with van der Waals surface area (Å²) in [6, 6.07) is 4.91. The third-order valence-electron chi connectivity index (χ3n) is 4.19. The van der Waals surface area contributed by atoms with Gasteiger partial charge in [0.2, 0.25) is 0 Å². The summed E-state index contributed by atoms with van der Waals surface area (Å²) < 4.78 is 2.20. The van der Waals surface area contributed by atoms with Crippen LogP contribution in [0.15, 0.2) is 22.9 Å². The fraction of sp³-hybridized carbons (Fsp3) is 0.500. The number of fused-ring (bicyclic) bond motifs is 1. The largest absolute Gasteiger partial charge is 0.370 e. The third-order valence-corrected chi connectivity index (χ3v) is 4.89. The maximum Gasteiger partial charge on any atom is 0.125 e. The monoisotopic (exact) mass is 259 g/mol. The number of nitrogens with zero attached hydrogens (tertiary/aromatic N) is 2. The maximum atomic E-state index is 4.86. The number of anilines is 1. The van der Waals surface area contributed by atoms with Gasteiger partial charge in [-0.25, -0.2) is 4.68 Å². The van der Waals surface area contributed by atoms with E-state index in [9.17, 15) is 0 Å². The van der Waals surface area contributed by atoms with Crippen molar-refractivity contribution >= 4 is 17.2 Å². The molecule has 3 atom stereocenters. The zero-order valence-corrected chi connectivity index (χ0v) is 11.3. The molecular weight excluding hydrogens is 242 g/mol. The molecule has 1 aliphatic carbocycles. The van der Waals surface area contributed by atoms with Crippen molar-refractivity contribution in [3.8, 4) is 0 Å². The fourth-order valence-electron chi connectivity index (χ4n) is 2.93. The molecule has 2 aromatic rings. The number of rotatable bonds is 2. The van der Waals surface area contributed by atoms with Crippen LogP contribution in [0.2, 0.25) is 0 Å². The minimum absolute atomic E-state index is 0.426. The van der Waals surface area contributed by atoms with Gasteiger partial charge >= 0.3 is 0 Å². The van der Waals surface area contributed by atoms with Gasteiger partial charge in [0.25, 0.3) is 0 Å². The molecule has 0 spiro atoms. The van der Waals surface area contributed by atoms with Gasteiger partial charge in [-0.2, -0.15) is 16.4 Å². The Kier molecular flexibility index (Phi) is 2.27. The summed E-state index contributed by atoms with van der Waals surface area (Å²) in [7, 11) is 0. The highest BCUT2D eigenvalue weighted by molar-refractivity contribution is 7.07. The molecule has 3 nitrogen and oxygen atoms in total. The van der Waals surface area contributed by atoms with E-state index in [4.69, 9.17) is 5.10 Å². The lowest BCUT2D eigenvalue weighted by molar-refractivity contribution is 0.479. The summed E-state index contributed by atoms with van der Waals surface area (Å²) >= 11 is 1.77. The molecule has 0 amide bonds. The smallest absolute Gasteiger partial charge is 0.125 e. The van der Waals surface area contributed by atoms with Crippen molar-refractivity contribution in [1.29, 1.82) is 0 Å². The maximum absolute atomic E-state index is 4.86. The molecule has 1 aliphatic heterocycles. The van der Waals surface area contributed by atoms with Crippen molar-refractivity contribution in [3.05, 3.63) is 34.2 Å². The van der Waals surface area contributed by atoms with Crippen LogP contribution in [-0.2, 0) is 0 Å². The summed E-state index contributed by atoms with van der Waals surface area (Å²) in [6.45, 7) is 3.36. The molecule has 0 aromatic carbocycles. The Bertz CT molecular complexity index is 558. The summed E-state index contributed by atoms with van der Waals surface area (Å²) in [4.78, 5) is 0. The molecule has 3 unspecified atom stereocenters. The minimum atomic E-state index is 0.426. The SMILES string of the molecule is CC1CC1c1cc2n(n1)C(c1ccsc1)CCN2. The molecule has 0 bridgehead atoms. The van der Waals surface area contributed by atoms with Crippen molar-refractivity contribution in [2.45, 2.75) is 31.7 Å². The molecule has 4 rings (SSSR count). The van der Waals surface area contributed by atoms with Crippen molar-refractivity contribution in [1.82, 2.24) is 9.78 Å². The van der Waals surface area contributed by atoms with Crippen LogP contribution in [0.4, 0.5) is 5.82 Å². The molecule has 94 valence electrons. The Morgan fingerprint density at radius 2 is 2.39 bits per heavy atom. The van der Waals surface area contributed by atoms with Crippen molar-refractivity contribution in [2.75, 3.05) is 11.9 Å². The molecule has 18 heavy (non-hydrogen) atoms. The van der Waals surface area contributed by atoms with Gasteiger partial charge in [0.15, 0.2) is 0 Å². The Hall–Kier alpha value is -1.29. The first-order valence-electron chi connectivity index (χ1n) is 6.68. The lowest BCUT2D eigenvalue weighted by Gasteiger charge is -2.25. The zero-order valence-electron chi connectivity index (χ0n) is 10.5. The van der Waals surface area contributed by atoms with E-state index < -0.39 is 0 Å². The van der Waals surface area contributed by atoms with E-state index in [-0.39, 0.29) is 0 Å². The Labute approximate surface area is 111 Å². The highest BCUT2D eigenvalue weighted by Gasteiger charge is 2.37. The van der Waals surface area contributed by atoms with Crippen molar-refractivity contribution in [3.63, 3.8) is 0 Å². The molecule has 2 aliphatic rings. The van der Waals surface area contributed by atoms with E-state index in [1.54, 1.807) is 11.3 Å². The van der Waals surface area contributed by atoms with E-state index in [2.05, 4.69) is 39.8 Å². The Balaban J connectivity index is 1.72. The van der Waals surface area contributed by atoms with Crippen LogP contribution in [-0.4, -0.2) is 16.3 Å². The predicted molar refractivity (Wildman–Crippen MR) is 74.3 cm³/mol. The van der Waals surface area contributed by atoms with Gasteiger partial charge in [0.1, 0.15) is 5.82 Å². The van der Waals surface area contributed by atoms with Gasteiger partial charge in [0.05, 0.1) is 11.7 Å². The minimum Gasteiger partial charge on any atom is -0.370 e. The second kappa shape index (κ2) is 3.85. The normalized spacial score (nSPS) is 29.7. The van der Waals surface area contributed by atoms with Gasteiger partial charge in [-0.1, -0.05) is 6.92 Å². The topological polar surface area (TPSA) is 29.9 Å². The van der Waals surface area contributed by atoms with Crippen LogP contribution < -0.4 is 5.32 Å². The summed E-state index contributed by atoms with van der Waals surface area (Å²) in [5.74, 6) is 2.72. The molecule has 0 radical (unpaired) electrons. The van der Waals surface area contributed by atoms with E-state index in [1.165, 1.54) is 23.5 Å². The predicted octanol–water partition coefficient (Wildman–Crippen LogP) is 3.47. The van der Waals surface area contributed by atoms with Crippen LogP contribution in [0, 0.1) is 5.92 Å². The number of aromatic nitrogens is 2. The van der Waals surface area contributed by atoms with Gasteiger partial charge in [-0.3, -0.25) is 0 Å². The van der Waals surface area contributed by atoms with Crippen LogP contribution in [0.1, 0.15) is 43.0 Å². The fourth-order valence-corrected chi connectivity index (χ4v) is 3.64. The van der Waals surface area contributed by atoms with Crippen molar-refractivity contribution in [2.24, 2.45) is 5.92 Å². The third kappa shape index (κ3) is 1.59. The molecule has 1 fully saturated rings. The van der Waals surface area contributed by atoms with Crippen LogP contribution >= 0.6 is 11.3 Å². The summed E-state index contributed by atoms with van der Waals surface area (Å²) in [6.07, 6.45) is 2.44. The molecule has 3 heterocycles. The second-order valence-corrected chi connectivity index (χ2v) is 6.29. The second-order valence-electron chi connectivity index (χ2n) is 5.51. The van der Waals surface area contributed by atoms with Gasteiger partial charge in [0, 0.05) is 18.5 Å². The first-order chi connectivity index (χ1) is 8.83. The zero-order chi connectivity index (χ0) is 12.1. The summed E-state index contributed by atoms with van der Waals surface area (Å²) in [5.41, 5.74) is 2.69. The van der Waals surface area contributed by atoms with E-state index in [0.717, 1.165) is 18.9 Å². The molecule has 1 N–H and O–H groups in total.